The van der Waals surface area contributed by atoms with Crippen LogP contribution >= 0.6 is 0 Å². The molecule has 6 heteroatoms. The number of para-hydroxylation sites is 2. The van der Waals surface area contributed by atoms with E-state index in [1.807, 2.05) is 140 Å². The summed E-state index contributed by atoms with van der Waals surface area (Å²) in [7, 11) is 0. The second kappa shape index (κ2) is 11.6. The fraction of sp³-hybridized carbons (Fsp3) is 0. The lowest BCUT2D eigenvalue weighted by atomic mass is 10.0. The molecule has 0 radical (unpaired) electrons. The highest BCUT2D eigenvalue weighted by Crippen LogP contribution is 2.33. The molecule has 0 saturated heterocycles. The van der Waals surface area contributed by atoms with Crippen LogP contribution in [0.1, 0.15) is 11.1 Å². The molecule has 6 rings (SSSR count). The van der Waals surface area contributed by atoms with E-state index in [0.29, 0.717) is 28.2 Å². The summed E-state index contributed by atoms with van der Waals surface area (Å²) in [6.45, 7) is 0. The van der Waals surface area contributed by atoms with Crippen molar-refractivity contribution in [3.63, 3.8) is 0 Å². The Labute approximate surface area is 238 Å². The molecule has 1 N–H and O–H groups in total. The number of allylic oxidation sites excluding steroid dienone is 4. The number of hydrogen-bond donors (Lipinski definition) is 1. The van der Waals surface area contributed by atoms with Gasteiger partial charge in [0.2, 0.25) is 5.88 Å². The SMILES string of the molecule is O=C1C(=CC=CC=Cc2c(-c3ccccc3)nn(-c3ccccc3)c2O)C(c2ccccc2)=NN1c1ccccc1. The first kappa shape index (κ1) is 25.5. The van der Waals surface area contributed by atoms with Gasteiger partial charge in [0.05, 0.1) is 22.5 Å². The zero-order valence-electron chi connectivity index (χ0n) is 22.1. The molecule has 2 heterocycles. The topological polar surface area (TPSA) is 70.7 Å². The van der Waals surface area contributed by atoms with Crippen molar-refractivity contribution >= 4 is 23.4 Å². The summed E-state index contributed by atoms with van der Waals surface area (Å²) >= 11 is 0. The highest BCUT2D eigenvalue weighted by atomic mass is 16.3. The number of hydrazone groups is 1. The van der Waals surface area contributed by atoms with Crippen LogP contribution in [0.2, 0.25) is 0 Å². The van der Waals surface area contributed by atoms with E-state index in [1.54, 1.807) is 12.2 Å². The van der Waals surface area contributed by atoms with E-state index >= 15 is 0 Å². The first-order valence-corrected chi connectivity index (χ1v) is 13.2. The van der Waals surface area contributed by atoms with Crippen LogP contribution in [0, 0.1) is 0 Å². The van der Waals surface area contributed by atoms with E-state index in [9.17, 15) is 9.90 Å². The Morgan fingerprint density at radius 2 is 1.20 bits per heavy atom. The van der Waals surface area contributed by atoms with E-state index in [0.717, 1.165) is 16.8 Å². The Morgan fingerprint density at radius 1 is 0.634 bits per heavy atom. The van der Waals surface area contributed by atoms with Gasteiger partial charge in [0.1, 0.15) is 11.4 Å². The molecular weight excluding hydrogens is 508 g/mol. The maximum atomic E-state index is 13.4. The number of benzene rings is 4. The molecule has 0 aliphatic carbocycles. The van der Waals surface area contributed by atoms with E-state index in [-0.39, 0.29) is 11.8 Å². The molecule has 0 unspecified atom stereocenters. The number of carbonyl (C=O) groups is 1. The van der Waals surface area contributed by atoms with Crippen molar-refractivity contribution in [2.45, 2.75) is 0 Å². The minimum atomic E-state index is -0.197. The third kappa shape index (κ3) is 5.27. The predicted octanol–water partition coefficient (Wildman–Crippen LogP) is 7.19. The number of rotatable bonds is 7. The standard InChI is InChI=1S/C35H26N4O2/c40-34-30(32(26-16-6-1-7-17-26)36-38(34)28-20-10-3-11-21-28)24-14-5-15-25-31-33(27-18-8-2-9-19-27)37-39(35(31)41)29-22-12-4-13-23-29/h1-25,40H. The summed E-state index contributed by atoms with van der Waals surface area (Å²) < 4.78 is 1.53. The van der Waals surface area contributed by atoms with Gasteiger partial charge in [-0.3, -0.25) is 4.79 Å². The summed E-state index contributed by atoms with van der Waals surface area (Å²) in [5.41, 5.74) is 5.59. The molecule has 0 saturated carbocycles. The Morgan fingerprint density at radius 3 is 1.83 bits per heavy atom. The van der Waals surface area contributed by atoms with Gasteiger partial charge in [-0.25, -0.2) is 4.68 Å². The molecule has 0 fully saturated rings. The van der Waals surface area contributed by atoms with Crippen LogP contribution in [-0.2, 0) is 4.79 Å². The maximum absolute atomic E-state index is 13.4. The molecule has 4 aromatic carbocycles. The lowest BCUT2D eigenvalue weighted by Gasteiger charge is -2.10. The van der Waals surface area contributed by atoms with Gasteiger partial charge >= 0.3 is 0 Å². The van der Waals surface area contributed by atoms with Crippen LogP contribution in [0.25, 0.3) is 23.0 Å². The maximum Gasteiger partial charge on any atom is 0.281 e. The average molecular weight is 535 g/mol. The minimum Gasteiger partial charge on any atom is -0.493 e. The van der Waals surface area contributed by atoms with Crippen LogP contribution in [-0.4, -0.2) is 26.5 Å². The highest BCUT2D eigenvalue weighted by molar-refractivity contribution is 6.35. The third-order valence-electron chi connectivity index (χ3n) is 6.62. The summed E-state index contributed by atoms with van der Waals surface area (Å²) in [5, 5.41) is 21.9. The summed E-state index contributed by atoms with van der Waals surface area (Å²) in [6, 6.07) is 38.3. The number of hydrogen-bond acceptors (Lipinski definition) is 4. The van der Waals surface area contributed by atoms with Crippen molar-refractivity contribution in [3.05, 3.63) is 162 Å². The Balaban J connectivity index is 1.32. The molecular formula is C35H26N4O2. The van der Waals surface area contributed by atoms with Gasteiger partial charge in [0, 0.05) is 11.1 Å². The number of aromatic hydroxyl groups is 1. The molecule has 1 amide bonds. The Hall–Kier alpha value is -5.75. The fourth-order valence-electron chi connectivity index (χ4n) is 4.62. The van der Waals surface area contributed by atoms with Crippen molar-refractivity contribution in [1.29, 1.82) is 0 Å². The number of carbonyl (C=O) groups excluding carboxylic acids is 1. The normalized spacial score (nSPS) is 14.4. The second-order valence-electron chi connectivity index (χ2n) is 9.29. The van der Waals surface area contributed by atoms with Gasteiger partial charge in [0.15, 0.2) is 0 Å². The van der Waals surface area contributed by atoms with Crippen LogP contribution in [0.15, 0.2) is 156 Å². The van der Waals surface area contributed by atoms with E-state index in [2.05, 4.69) is 5.10 Å². The summed E-state index contributed by atoms with van der Waals surface area (Å²) in [6.07, 6.45) is 9.04. The minimum absolute atomic E-state index is 0.0426. The number of aromatic nitrogens is 2. The fourth-order valence-corrected chi connectivity index (χ4v) is 4.62. The second-order valence-corrected chi connectivity index (χ2v) is 9.29. The number of nitrogens with zero attached hydrogens (tertiary/aromatic N) is 4. The first-order chi connectivity index (χ1) is 20.2. The molecule has 0 bridgehead atoms. The van der Waals surface area contributed by atoms with E-state index < -0.39 is 0 Å². The zero-order valence-corrected chi connectivity index (χ0v) is 22.1. The van der Waals surface area contributed by atoms with Crippen molar-refractivity contribution in [1.82, 2.24) is 9.78 Å². The van der Waals surface area contributed by atoms with Crippen LogP contribution in [0.4, 0.5) is 5.69 Å². The van der Waals surface area contributed by atoms with Gasteiger partial charge in [-0.2, -0.15) is 15.2 Å². The molecule has 0 spiro atoms. The molecule has 198 valence electrons. The third-order valence-corrected chi connectivity index (χ3v) is 6.62. The highest BCUT2D eigenvalue weighted by Gasteiger charge is 2.31. The zero-order chi connectivity index (χ0) is 28.0. The Kier molecular flexibility index (Phi) is 7.19. The lowest BCUT2D eigenvalue weighted by Crippen LogP contribution is -2.21. The van der Waals surface area contributed by atoms with E-state index in [4.69, 9.17) is 5.10 Å². The van der Waals surface area contributed by atoms with E-state index in [1.165, 1.54) is 9.69 Å². The van der Waals surface area contributed by atoms with Crippen LogP contribution < -0.4 is 5.01 Å². The number of anilines is 1. The molecule has 5 aromatic rings. The van der Waals surface area contributed by atoms with Crippen molar-refractivity contribution in [2.75, 3.05) is 5.01 Å². The molecule has 6 nitrogen and oxygen atoms in total. The smallest absolute Gasteiger partial charge is 0.281 e. The summed E-state index contributed by atoms with van der Waals surface area (Å²) in [5.74, 6) is -0.155. The van der Waals surface area contributed by atoms with Gasteiger partial charge in [-0.05, 0) is 36.4 Å². The molecule has 0 atom stereocenters. The Bertz CT molecular complexity index is 1790. The largest absolute Gasteiger partial charge is 0.493 e. The molecule has 1 aliphatic rings. The molecule has 41 heavy (non-hydrogen) atoms. The van der Waals surface area contributed by atoms with Crippen LogP contribution in [0.3, 0.4) is 0 Å². The van der Waals surface area contributed by atoms with Crippen molar-refractivity contribution < 1.29 is 9.90 Å². The lowest BCUT2D eigenvalue weighted by molar-refractivity contribution is -0.114. The van der Waals surface area contributed by atoms with Crippen molar-refractivity contribution in [3.8, 4) is 22.8 Å². The van der Waals surface area contributed by atoms with Gasteiger partial charge in [-0.1, -0.05) is 115 Å². The first-order valence-electron chi connectivity index (χ1n) is 13.2. The van der Waals surface area contributed by atoms with Crippen molar-refractivity contribution in [2.24, 2.45) is 5.10 Å². The van der Waals surface area contributed by atoms with Gasteiger partial charge in [-0.15, -0.1) is 0 Å². The van der Waals surface area contributed by atoms with Gasteiger partial charge in [0.25, 0.3) is 5.91 Å². The van der Waals surface area contributed by atoms with Crippen LogP contribution in [0.5, 0.6) is 5.88 Å². The average Bonchev–Trinajstić information content (AvgIpc) is 3.55. The molecule has 1 aliphatic heterocycles. The summed E-state index contributed by atoms with van der Waals surface area (Å²) in [4.78, 5) is 13.4. The number of amides is 1. The predicted molar refractivity (Wildman–Crippen MR) is 164 cm³/mol. The van der Waals surface area contributed by atoms with Gasteiger partial charge < -0.3 is 5.11 Å². The molecule has 1 aromatic heterocycles. The monoisotopic (exact) mass is 534 g/mol. The quantitative estimate of drug-likeness (QED) is 0.177.